The number of aromatic nitrogens is 4. The molecule has 0 bridgehead atoms. The maximum Gasteiger partial charge on any atom is 0.230 e. The summed E-state index contributed by atoms with van der Waals surface area (Å²) in [7, 11) is 0. The van der Waals surface area contributed by atoms with Crippen molar-refractivity contribution < 1.29 is 4.39 Å². The maximum absolute atomic E-state index is 13.1. The Labute approximate surface area is 155 Å². The van der Waals surface area contributed by atoms with E-state index in [4.69, 9.17) is 0 Å². The van der Waals surface area contributed by atoms with Crippen molar-refractivity contribution in [1.29, 1.82) is 5.26 Å². The number of nitrogens with zero attached hydrogens (tertiary/aromatic N) is 4. The van der Waals surface area contributed by atoms with Gasteiger partial charge in [0.25, 0.3) is 0 Å². The van der Waals surface area contributed by atoms with Gasteiger partial charge in [-0.3, -0.25) is 5.10 Å². The first kappa shape index (κ1) is 17.0. The van der Waals surface area contributed by atoms with Gasteiger partial charge in [0.05, 0.1) is 6.20 Å². The van der Waals surface area contributed by atoms with Crippen LogP contribution >= 0.6 is 0 Å². The monoisotopic (exact) mass is 363 g/mol. The molecule has 0 saturated heterocycles. The predicted molar refractivity (Wildman–Crippen MR) is 99.0 cm³/mol. The van der Waals surface area contributed by atoms with Gasteiger partial charge in [-0.25, -0.2) is 9.37 Å². The van der Waals surface area contributed by atoms with Crippen LogP contribution in [0.5, 0.6) is 0 Å². The lowest BCUT2D eigenvalue weighted by Gasteiger charge is -2.16. The minimum absolute atomic E-state index is 0.160. The van der Waals surface area contributed by atoms with E-state index in [0.29, 0.717) is 29.1 Å². The molecule has 27 heavy (non-hydrogen) atoms. The topological polar surface area (TPSA) is 102 Å². The first-order valence-corrected chi connectivity index (χ1v) is 8.74. The second-order valence-corrected chi connectivity index (χ2v) is 6.59. The predicted octanol–water partition coefficient (Wildman–Crippen LogP) is 4.00. The van der Waals surface area contributed by atoms with Gasteiger partial charge in [0.1, 0.15) is 23.3 Å². The second kappa shape index (κ2) is 7.03. The smallest absolute Gasteiger partial charge is 0.230 e. The van der Waals surface area contributed by atoms with Gasteiger partial charge >= 0.3 is 0 Å². The quantitative estimate of drug-likeness (QED) is 0.612. The largest absolute Gasteiger partial charge is 0.362 e. The van der Waals surface area contributed by atoms with Crippen LogP contribution < -0.4 is 10.6 Å². The fourth-order valence-corrected chi connectivity index (χ4v) is 2.79. The number of nitrogens with one attached hydrogen (secondary N) is 3. The molecule has 1 aliphatic carbocycles. The van der Waals surface area contributed by atoms with Crippen molar-refractivity contribution in [3.05, 3.63) is 59.2 Å². The lowest BCUT2D eigenvalue weighted by atomic mass is 10.1. The van der Waals surface area contributed by atoms with Crippen molar-refractivity contribution in [3.63, 3.8) is 0 Å². The van der Waals surface area contributed by atoms with Gasteiger partial charge in [0.15, 0.2) is 5.82 Å². The van der Waals surface area contributed by atoms with Gasteiger partial charge in [0.2, 0.25) is 5.95 Å². The molecule has 1 aliphatic rings. The van der Waals surface area contributed by atoms with Gasteiger partial charge in [-0.15, -0.1) is 0 Å². The molecule has 1 fully saturated rings. The molecule has 2 aromatic heterocycles. The number of halogens is 1. The number of benzene rings is 1. The van der Waals surface area contributed by atoms with Crippen molar-refractivity contribution in [1.82, 2.24) is 20.2 Å². The highest BCUT2D eigenvalue weighted by Gasteiger charge is 2.25. The van der Waals surface area contributed by atoms with Gasteiger partial charge in [-0.05, 0) is 37.5 Å². The lowest BCUT2D eigenvalue weighted by molar-refractivity contribution is 0.626. The van der Waals surface area contributed by atoms with Crippen LogP contribution in [-0.4, -0.2) is 20.2 Å². The Morgan fingerprint density at radius 3 is 2.78 bits per heavy atom. The van der Waals surface area contributed by atoms with E-state index in [1.165, 1.54) is 31.2 Å². The summed E-state index contributed by atoms with van der Waals surface area (Å²) in [6.07, 6.45) is 3.83. The van der Waals surface area contributed by atoms with E-state index in [1.54, 1.807) is 12.1 Å². The van der Waals surface area contributed by atoms with E-state index >= 15 is 0 Å². The first-order valence-electron chi connectivity index (χ1n) is 8.74. The standard InChI is InChI=1S/C19H18FN7/c1-11(12-4-6-15(20)7-5-12)23-18-14(9-21)10-22-19(25-18)24-17-8-16(26-27-17)13-2-3-13/h4-8,10-11,13H,2-3H2,1H3,(H3,22,23,24,25,26,27). The molecule has 1 atom stereocenters. The Bertz CT molecular complexity index is 986. The summed E-state index contributed by atoms with van der Waals surface area (Å²) in [5.41, 5.74) is 2.32. The van der Waals surface area contributed by atoms with Crippen molar-refractivity contribution in [2.75, 3.05) is 10.6 Å². The van der Waals surface area contributed by atoms with E-state index in [2.05, 4.69) is 36.9 Å². The molecular formula is C19H18FN7. The zero-order valence-electron chi connectivity index (χ0n) is 14.7. The van der Waals surface area contributed by atoms with Crippen LogP contribution in [0.3, 0.4) is 0 Å². The summed E-state index contributed by atoms with van der Waals surface area (Å²) in [6.45, 7) is 1.92. The molecule has 4 rings (SSSR count). The molecule has 0 amide bonds. The van der Waals surface area contributed by atoms with Crippen molar-refractivity contribution in [2.45, 2.75) is 31.7 Å². The van der Waals surface area contributed by atoms with Crippen LogP contribution in [0.1, 0.15) is 48.5 Å². The molecule has 0 radical (unpaired) electrons. The molecule has 3 aromatic rings. The highest BCUT2D eigenvalue weighted by molar-refractivity contribution is 5.57. The summed E-state index contributed by atoms with van der Waals surface area (Å²) >= 11 is 0. The molecule has 1 saturated carbocycles. The normalized spacial score (nSPS) is 14.4. The van der Waals surface area contributed by atoms with E-state index in [1.807, 2.05) is 13.0 Å². The number of rotatable bonds is 6. The molecule has 1 aromatic carbocycles. The Balaban J connectivity index is 1.52. The number of anilines is 3. The third-order valence-corrected chi connectivity index (χ3v) is 4.49. The number of aromatic amines is 1. The highest BCUT2D eigenvalue weighted by atomic mass is 19.1. The maximum atomic E-state index is 13.1. The molecule has 0 spiro atoms. The number of hydrogen-bond donors (Lipinski definition) is 3. The van der Waals surface area contributed by atoms with Crippen LogP contribution in [0.25, 0.3) is 0 Å². The van der Waals surface area contributed by atoms with Crippen LogP contribution in [-0.2, 0) is 0 Å². The zero-order chi connectivity index (χ0) is 18.8. The van der Waals surface area contributed by atoms with E-state index in [0.717, 1.165) is 11.3 Å². The van der Waals surface area contributed by atoms with Crippen LogP contribution in [0.15, 0.2) is 36.5 Å². The van der Waals surface area contributed by atoms with Crippen LogP contribution in [0.4, 0.5) is 22.0 Å². The second-order valence-electron chi connectivity index (χ2n) is 6.59. The van der Waals surface area contributed by atoms with Crippen molar-refractivity contribution in [3.8, 4) is 6.07 Å². The van der Waals surface area contributed by atoms with Gasteiger partial charge in [-0.1, -0.05) is 12.1 Å². The molecule has 2 heterocycles. The third kappa shape index (κ3) is 3.87. The molecule has 8 heteroatoms. The summed E-state index contributed by atoms with van der Waals surface area (Å²) in [4.78, 5) is 8.59. The number of H-pyrrole nitrogens is 1. The zero-order valence-corrected chi connectivity index (χ0v) is 14.7. The summed E-state index contributed by atoms with van der Waals surface area (Å²) in [5.74, 6) is 1.67. The van der Waals surface area contributed by atoms with Gasteiger partial charge < -0.3 is 10.6 Å². The SMILES string of the molecule is CC(Nc1nc(Nc2cc(C3CC3)[nH]n2)ncc1C#N)c1ccc(F)cc1. The fourth-order valence-electron chi connectivity index (χ4n) is 2.79. The highest BCUT2D eigenvalue weighted by Crippen LogP contribution is 2.39. The molecule has 3 N–H and O–H groups in total. The Morgan fingerprint density at radius 2 is 2.07 bits per heavy atom. The minimum atomic E-state index is -0.290. The Hall–Kier alpha value is -3.47. The van der Waals surface area contributed by atoms with Gasteiger partial charge in [0, 0.05) is 23.7 Å². The lowest BCUT2D eigenvalue weighted by Crippen LogP contribution is -2.11. The molecule has 136 valence electrons. The number of hydrogen-bond acceptors (Lipinski definition) is 6. The first-order chi connectivity index (χ1) is 13.1. The average Bonchev–Trinajstić information content (AvgIpc) is 3.42. The van der Waals surface area contributed by atoms with E-state index < -0.39 is 0 Å². The fraction of sp³-hybridized carbons (Fsp3) is 0.263. The molecule has 7 nitrogen and oxygen atoms in total. The third-order valence-electron chi connectivity index (χ3n) is 4.49. The van der Waals surface area contributed by atoms with Crippen LogP contribution in [0.2, 0.25) is 0 Å². The average molecular weight is 363 g/mol. The molecular weight excluding hydrogens is 345 g/mol. The summed E-state index contributed by atoms with van der Waals surface area (Å²) < 4.78 is 13.1. The summed E-state index contributed by atoms with van der Waals surface area (Å²) in [5, 5.41) is 22.8. The Morgan fingerprint density at radius 1 is 1.30 bits per heavy atom. The number of nitriles is 1. The van der Waals surface area contributed by atoms with Crippen LogP contribution in [0, 0.1) is 17.1 Å². The van der Waals surface area contributed by atoms with Crippen molar-refractivity contribution in [2.24, 2.45) is 0 Å². The van der Waals surface area contributed by atoms with Crippen molar-refractivity contribution >= 4 is 17.6 Å². The van der Waals surface area contributed by atoms with E-state index in [-0.39, 0.29) is 11.9 Å². The molecule has 0 aliphatic heterocycles. The van der Waals surface area contributed by atoms with E-state index in [9.17, 15) is 9.65 Å². The van der Waals surface area contributed by atoms with Gasteiger partial charge in [-0.2, -0.15) is 15.3 Å². The summed E-state index contributed by atoms with van der Waals surface area (Å²) in [6, 6.07) is 10.1. The Kier molecular flexibility index (Phi) is 4.42. The molecule has 1 unspecified atom stereocenters. The minimum Gasteiger partial charge on any atom is -0.362 e.